The monoisotopic (exact) mass is 367 g/mol. The summed E-state index contributed by atoms with van der Waals surface area (Å²) in [6.07, 6.45) is 6.11. The summed E-state index contributed by atoms with van der Waals surface area (Å²) in [5.74, 6) is 2.64. The first kappa shape index (κ1) is 18.6. The predicted octanol–water partition coefficient (Wildman–Crippen LogP) is 3.97. The predicted molar refractivity (Wildman–Crippen MR) is 109 cm³/mol. The average Bonchev–Trinajstić information content (AvgIpc) is 3.16. The molecule has 1 aromatic heterocycles. The molecule has 0 spiro atoms. The van der Waals surface area contributed by atoms with Gasteiger partial charge in [-0.2, -0.15) is 0 Å². The third kappa shape index (κ3) is 3.67. The van der Waals surface area contributed by atoms with Gasteiger partial charge in [0.1, 0.15) is 11.6 Å². The Morgan fingerprint density at radius 1 is 1.04 bits per heavy atom. The van der Waals surface area contributed by atoms with E-state index in [0.717, 1.165) is 24.6 Å². The number of rotatable bonds is 6. The van der Waals surface area contributed by atoms with E-state index in [0.29, 0.717) is 24.0 Å². The van der Waals surface area contributed by atoms with E-state index in [4.69, 9.17) is 5.73 Å². The van der Waals surface area contributed by atoms with Crippen LogP contribution in [0.5, 0.6) is 0 Å². The Kier molecular flexibility index (Phi) is 5.33. The number of hydrogen-bond acceptors (Lipinski definition) is 4. The quantitative estimate of drug-likeness (QED) is 0.839. The molecule has 5 heteroatoms. The van der Waals surface area contributed by atoms with Crippen LogP contribution in [0.15, 0.2) is 30.3 Å². The number of hydrogen-bond donors (Lipinski definition) is 1. The fraction of sp³-hybridized carbons (Fsp3) is 0.636. The van der Waals surface area contributed by atoms with Gasteiger partial charge in [0.15, 0.2) is 0 Å². The SMILES string of the molecule is Cc1nnc(C(C)C)n1C1C[C@H]2CC[C@H](C1)N2CC[C@H](N)c1ccccc1. The Morgan fingerprint density at radius 3 is 2.33 bits per heavy atom. The molecule has 0 aliphatic carbocycles. The van der Waals surface area contributed by atoms with Crippen LogP contribution in [0.2, 0.25) is 0 Å². The second-order valence-corrected chi connectivity index (χ2v) is 8.68. The van der Waals surface area contributed by atoms with E-state index in [1.807, 2.05) is 0 Å². The molecule has 2 saturated heterocycles. The van der Waals surface area contributed by atoms with Crippen LogP contribution in [0, 0.1) is 6.92 Å². The summed E-state index contributed by atoms with van der Waals surface area (Å²) in [6, 6.07) is 12.6. The lowest BCUT2D eigenvalue weighted by Gasteiger charge is -2.40. The molecule has 4 rings (SSSR count). The highest BCUT2D eigenvalue weighted by atomic mass is 15.3. The summed E-state index contributed by atoms with van der Waals surface area (Å²) in [4.78, 5) is 2.74. The second-order valence-electron chi connectivity index (χ2n) is 8.68. The molecule has 0 radical (unpaired) electrons. The lowest BCUT2D eigenvalue weighted by molar-refractivity contribution is 0.101. The van der Waals surface area contributed by atoms with Gasteiger partial charge in [-0.25, -0.2) is 0 Å². The first-order valence-corrected chi connectivity index (χ1v) is 10.5. The van der Waals surface area contributed by atoms with Crippen LogP contribution in [-0.4, -0.2) is 38.3 Å². The van der Waals surface area contributed by atoms with Crippen LogP contribution in [0.1, 0.15) is 81.2 Å². The van der Waals surface area contributed by atoms with E-state index < -0.39 is 0 Å². The molecule has 2 aromatic rings. The molecule has 3 heterocycles. The number of nitrogens with zero attached hydrogens (tertiary/aromatic N) is 4. The topological polar surface area (TPSA) is 60.0 Å². The summed E-state index contributed by atoms with van der Waals surface area (Å²) in [6.45, 7) is 7.64. The van der Waals surface area contributed by atoms with Crippen molar-refractivity contribution in [1.29, 1.82) is 0 Å². The molecule has 2 N–H and O–H groups in total. The normalized spacial score (nSPS) is 26.6. The van der Waals surface area contributed by atoms with E-state index in [1.165, 1.54) is 31.2 Å². The molecule has 146 valence electrons. The highest BCUT2D eigenvalue weighted by molar-refractivity contribution is 5.18. The minimum Gasteiger partial charge on any atom is -0.324 e. The molecule has 2 aliphatic rings. The van der Waals surface area contributed by atoms with Crippen LogP contribution in [0.4, 0.5) is 0 Å². The number of nitrogens with two attached hydrogens (primary N) is 1. The Labute approximate surface area is 163 Å². The first-order valence-electron chi connectivity index (χ1n) is 10.5. The van der Waals surface area contributed by atoms with Gasteiger partial charge in [-0.05, 0) is 44.6 Å². The summed E-state index contributed by atoms with van der Waals surface area (Å²) < 4.78 is 2.43. The standard InChI is InChI=1S/C22H33N5/c1-15(2)22-25-24-16(3)27(22)20-13-18-9-10-19(14-20)26(18)12-11-21(23)17-7-5-4-6-8-17/h4-8,15,18-21H,9-14,23H2,1-3H3/t18-,19-,21+/m1/s1. The lowest BCUT2D eigenvalue weighted by atomic mass is 9.95. The van der Waals surface area contributed by atoms with Crippen LogP contribution >= 0.6 is 0 Å². The Balaban J connectivity index is 1.42. The van der Waals surface area contributed by atoms with Crippen molar-refractivity contribution in [3.63, 3.8) is 0 Å². The molecule has 3 atom stereocenters. The van der Waals surface area contributed by atoms with Gasteiger partial charge in [0, 0.05) is 36.6 Å². The second kappa shape index (κ2) is 7.72. The molecular formula is C22H33N5. The molecule has 2 bridgehead atoms. The van der Waals surface area contributed by atoms with Crippen molar-refractivity contribution >= 4 is 0 Å². The van der Waals surface area contributed by atoms with Gasteiger partial charge in [0.2, 0.25) is 0 Å². The maximum Gasteiger partial charge on any atom is 0.135 e. The average molecular weight is 368 g/mol. The van der Waals surface area contributed by atoms with Crippen molar-refractivity contribution in [2.24, 2.45) is 5.73 Å². The summed E-state index contributed by atoms with van der Waals surface area (Å²) in [5.41, 5.74) is 7.70. The third-order valence-electron chi connectivity index (χ3n) is 6.56. The number of benzene rings is 1. The van der Waals surface area contributed by atoms with Gasteiger partial charge in [-0.1, -0.05) is 44.2 Å². The van der Waals surface area contributed by atoms with Crippen LogP contribution in [0.3, 0.4) is 0 Å². The van der Waals surface area contributed by atoms with E-state index in [-0.39, 0.29) is 6.04 Å². The maximum atomic E-state index is 6.45. The summed E-state index contributed by atoms with van der Waals surface area (Å²) in [7, 11) is 0. The molecular weight excluding hydrogens is 334 g/mol. The molecule has 2 aliphatic heterocycles. The smallest absolute Gasteiger partial charge is 0.135 e. The van der Waals surface area contributed by atoms with Gasteiger partial charge in [-0.15, -0.1) is 10.2 Å². The zero-order valence-corrected chi connectivity index (χ0v) is 16.9. The largest absolute Gasteiger partial charge is 0.324 e. The number of fused-ring (bicyclic) bond motifs is 2. The van der Waals surface area contributed by atoms with E-state index in [2.05, 4.69) is 70.8 Å². The van der Waals surface area contributed by atoms with Gasteiger partial charge in [-0.3, -0.25) is 4.90 Å². The number of piperidine rings is 1. The molecule has 0 amide bonds. The highest BCUT2D eigenvalue weighted by Crippen LogP contribution is 2.42. The lowest BCUT2D eigenvalue weighted by Crippen LogP contribution is -2.44. The van der Waals surface area contributed by atoms with Gasteiger partial charge in [0.25, 0.3) is 0 Å². The van der Waals surface area contributed by atoms with Crippen molar-refractivity contribution in [1.82, 2.24) is 19.7 Å². The summed E-state index contributed by atoms with van der Waals surface area (Å²) >= 11 is 0. The van der Waals surface area contributed by atoms with Crippen LogP contribution in [-0.2, 0) is 0 Å². The van der Waals surface area contributed by atoms with Crippen molar-refractivity contribution in [3.8, 4) is 0 Å². The maximum absolute atomic E-state index is 6.45. The molecule has 0 saturated carbocycles. The number of aryl methyl sites for hydroxylation is 1. The van der Waals surface area contributed by atoms with Crippen molar-refractivity contribution in [2.45, 2.75) is 83.0 Å². The van der Waals surface area contributed by atoms with Crippen LogP contribution in [0.25, 0.3) is 0 Å². The van der Waals surface area contributed by atoms with E-state index in [1.54, 1.807) is 0 Å². The Hall–Kier alpha value is -1.72. The van der Waals surface area contributed by atoms with E-state index >= 15 is 0 Å². The Morgan fingerprint density at radius 2 is 1.70 bits per heavy atom. The molecule has 27 heavy (non-hydrogen) atoms. The zero-order chi connectivity index (χ0) is 19.0. The van der Waals surface area contributed by atoms with Crippen LogP contribution < -0.4 is 5.73 Å². The zero-order valence-electron chi connectivity index (χ0n) is 16.9. The minimum atomic E-state index is 0.135. The van der Waals surface area contributed by atoms with Gasteiger partial charge in [0.05, 0.1) is 0 Å². The molecule has 0 unspecified atom stereocenters. The van der Waals surface area contributed by atoms with Gasteiger partial charge < -0.3 is 10.3 Å². The van der Waals surface area contributed by atoms with Crippen molar-refractivity contribution < 1.29 is 0 Å². The summed E-state index contributed by atoms with van der Waals surface area (Å²) in [5, 5.41) is 8.83. The molecule has 1 aromatic carbocycles. The number of aromatic nitrogens is 3. The van der Waals surface area contributed by atoms with E-state index in [9.17, 15) is 0 Å². The minimum absolute atomic E-state index is 0.135. The highest BCUT2D eigenvalue weighted by Gasteiger charge is 2.42. The third-order valence-corrected chi connectivity index (χ3v) is 6.56. The van der Waals surface area contributed by atoms with Crippen molar-refractivity contribution in [2.75, 3.05) is 6.54 Å². The fourth-order valence-electron chi connectivity index (χ4n) is 5.21. The molecule has 5 nitrogen and oxygen atoms in total. The van der Waals surface area contributed by atoms with Gasteiger partial charge >= 0.3 is 0 Å². The first-order chi connectivity index (χ1) is 13.0. The fourth-order valence-corrected chi connectivity index (χ4v) is 5.21. The Bertz CT molecular complexity index is 739. The van der Waals surface area contributed by atoms with Crippen molar-refractivity contribution in [3.05, 3.63) is 47.5 Å². The molecule has 2 fully saturated rings.